The molecule has 1 aliphatic carbocycles. The minimum Gasteiger partial charge on any atom is -0.342 e. The standard InChI is InChI=1S/C21H26N2O3S2/c1-15-12-16(2)14-17(13-15)21(7-8-21)20(24)23-9-5-18(6-10-23)22-28(25,26)19-4-3-11-27-19/h3-4,11-14,18,22H,5-10H2,1-2H3. The first-order valence-corrected chi connectivity index (χ1v) is 12.1. The zero-order valence-corrected chi connectivity index (χ0v) is 17.9. The lowest BCUT2D eigenvalue weighted by molar-refractivity contribution is -0.135. The zero-order valence-electron chi connectivity index (χ0n) is 16.3. The topological polar surface area (TPSA) is 66.5 Å². The van der Waals surface area contributed by atoms with Crippen LogP contribution in [0.25, 0.3) is 0 Å². The van der Waals surface area contributed by atoms with Gasteiger partial charge in [-0.1, -0.05) is 35.4 Å². The Balaban J connectivity index is 1.40. The third kappa shape index (κ3) is 3.75. The first-order valence-electron chi connectivity index (χ1n) is 9.74. The lowest BCUT2D eigenvalue weighted by Gasteiger charge is -2.34. The van der Waals surface area contributed by atoms with Crippen molar-refractivity contribution in [1.82, 2.24) is 9.62 Å². The summed E-state index contributed by atoms with van der Waals surface area (Å²) in [5.74, 6) is 0.206. The van der Waals surface area contributed by atoms with E-state index in [1.165, 1.54) is 22.5 Å². The maximum absolute atomic E-state index is 13.3. The van der Waals surface area contributed by atoms with Gasteiger partial charge in [-0.3, -0.25) is 4.79 Å². The molecule has 2 fully saturated rings. The van der Waals surface area contributed by atoms with Crippen molar-refractivity contribution in [2.24, 2.45) is 0 Å². The number of thiophene rings is 1. The van der Waals surface area contributed by atoms with Crippen LogP contribution in [0.5, 0.6) is 0 Å². The third-order valence-corrected chi connectivity index (χ3v) is 8.72. The van der Waals surface area contributed by atoms with Gasteiger partial charge in [0.1, 0.15) is 4.21 Å². The molecule has 28 heavy (non-hydrogen) atoms. The van der Waals surface area contributed by atoms with Gasteiger partial charge in [-0.2, -0.15) is 0 Å². The Hall–Kier alpha value is -1.70. The molecule has 2 aliphatic rings. The number of hydrogen-bond donors (Lipinski definition) is 1. The number of sulfonamides is 1. The van der Waals surface area contributed by atoms with Gasteiger partial charge in [0.15, 0.2) is 0 Å². The van der Waals surface area contributed by atoms with Gasteiger partial charge in [0.05, 0.1) is 5.41 Å². The molecule has 1 saturated heterocycles. The Morgan fingerprint density at radius 3 is 2.32 bits per heavy atom. The van der Waals surface area contributed by atoms with E-state index in [1.54, 1.807) is 17.5 Å². The highest BCUT2D eigenvalue weighted by Crippen LogP contribution is 2.50. The van der Waals surface area contributed by atoms with Crippen molar-refractivity contribution in [3.63, 3.8) is 0 Å². The summed E-state index contributed by atoms with van der Waals surface area (Å²) < 4.78 is 28.0. The van der Waals surface area contributed by atoms with Gasteiger partial charge in [-0.05, 0) is 56.5 Å². The molecule has 1 amide bonds. The summed E-state index contributed by atoms with van der Waals surface area (Å²) in [6, 6.07) is 9.65. The maximum Gasteiger partial charge on any atom is 0.250 e. The second kappa shape index (κ2) is 7.28. The number of rotatable bonds is 5. The summed E-state index contributed by atoms with van der Waals surface area (Å²) in [6.07, 6.45) is 3.11. The molecule has 7 heteroatoms. The van der Waals surface area contributed by atoms with E-state index in [9.17, 15) is 13.2 Å². The van der Waals surface area contributed by atoms with Crippen LogP contribution in [-0.4, -0.2) is 38.4 Å². The van der Waals surface area contributed by atoms with Gasteiger partial charge in [0.25, 0.3) is 0 Å². The van der Waals surface area contributed by atoms with E-state index in [4.69, 9.17) is 0 Å². The van der Waals surface area contributed by atoms with Gasteiger partial charge >= 0.3 is 0 Å². The molecular weight excluding hydrogens is 392 g/mol. The van der Waals surface area contributed by atoms with Crippen LogP contribution in [0.15, 0.2) is 39.9 Å². The first-order chi connectivity index (χ1) is 13.3. The van der Waals surface area contributed by atoms with E-state index in [1.807, 2.05) is 4.90 Å². The molecular formula is C21H26N2O3S2. The van der Waals surface area contributed by atoms with E-state index in [0.29, 0.717) is 30.1 Å². The number of piperidine rings is 1. The Kier molecular flexibility index (Phi) is 5.10. The van der Waals surface area contributed by atoms with Gasteiger partial charge in [-0.15, -0.1) is 11.3 Å². The molecule has 1 saturated carbocycles. The molecule has 1 N–H and O–H groups in total. The van der Waals surface area contributed by atoms with E-state index >= 15 is 0 Å². The number of hydrogen-bond acceptors (Lipinski definition) is 4. The first kappa shape index (κ1) is 19.6. The number of nitrogens with one attached hydrogen (secondary N) is 1. The van der Waals surface area contributed by atoms with Gasteiger partial charge < -0.3 is 4.90 Å². The zero-order chi connectivity index (χ0) is 19.9. The minimum atomic E-state index is -3.46. The molecule has 0 radical (unpaired) electrons. The van der Waals surface area contributed by atoms with E-state index in [0.717, 1.165) is 18.4 Å². The smallest absolute Gasteiger partial charge is 0.250 e. The van der Waals surface area contributed by atoms with Crippen LogP contribution < -0.4 is 4.72 Å². The summed E-state index contributed by atoms with van der Waals surface area (Å²) in [5.41, 5.74) is 3.15. The Morgan fingerprint density at radius 1 is 1.14 bits per heavy atom. The number of carbonyl (C=O) groups excluding carboxylic acids is 1. The molecule has 0 spiro atoms. The van der Waals surface area contributed by atoms with Crippen molar-refractivity contribution >= 4 is 27.3 Å². The van der Waals surface area contributed by atoms with Crippen molar-refractivity contribution in [1.29, 1.82) is 0 Å². The highest BCUT2D eigenvalue weighted by Gasteiger charge is 2.53. The second-order valence-electron chi connectivity index (χ2n) is 8.08. The molecule has 2 heterocycles. The number of nitrogens with zero attached hydrogens (tertiary/aromatic N) is 1. The van der Waals surface area contributed by atoms with Crippen LogP contribution in [0, 0.1) is 13.8 Å². The lowest BCUT2D eigenvalue weighted by atomic mass is 9.90. The largest absolute Gasteiger partial charge is 0.342 e. The van der Waals surface area contributed by atoms with E-state index in [2.05, 4.69) is 36.8 Å². The normalized spacial score (nSPS) is 19.6. The monoisotopic (exact) mass is 418 g/mol. The average Bonchev–Trinajstić information content (AvgIpc) is 3.25. The Labute approximate surface area is 170 Å². The SMILES string of the molecule is Cc1cc(C)cc(C2(C(=O)N3CCC(NS(=O)(=O)c4cccs4)CC3)CC2)c1. The molecule has 0 unspecified atom stereocenters. The summed E-state index contributed by atoms with van der Waals surface area (Å²) >= 11 is 1.22. The number of carbonyl (C=O) groups is 1. The van der Waals surface area contributed by atoms with Crippen LogP contribution in [0.2, 0.25) is 0 Å². The van der Waals surface area contributed by atoms with Crippen molar-refractivity contribution in [2.75, 3.05) is 13.1 Å². The summed E-state index contributed by atoms with van der Waals surface area (Å²) in [5, 5.41) is 1.76. The number of aryl methyl sites for hydroxylation is 2. The van der Waals surface area contributed by atoms with Crippen molar-refractivity contribution < 1.29 is 13.2 Å². The average molecular weight is 419 g/mol. The van der Waals surface area contributed by atoms with Gasteiger partial charge in [0, 0.05) is 19.1 Å². The van der Waals surface area contributed by atoms with E-state index < -0.39 is 10.0 Å². The molecule has 1 aromatic heterocycles. The predicted molar refractivity (Wildman–Crippen MR) is 111 cm³/mol. The number of likely N-dealkylation sites (tertiary alicyclic amines) is 1. The minimum absolute atomic E-state index is 0.118. The third-order valence-electron chi connectivity index (χ3n) is 5.80. The fraction of sp³-hybridized carbons (Fsp3) is 0.476. The van der Waals surface area contributed by atoms with Crippen LogP contribution >= 0.6 is 11.3 Å². The molecule has 150 valence electrons. The summed E-state index contributed by atoms with van der Waals surface area (Å²) in [6.45, 7) is 5.34. The molecule has 0 atom stereocenters. The van der Waals surface area contributed by atoms with Crippen LogP contribution in [0.1, 0.15) is 42.4 Å². The highest BCUT2D eigenvalue weighted by atomic mass is 32.2. The molecule has 2 aromatic rings. The Morgan fingerprint density at radius 2 is 1.79 bits per heavy atom. The summed E-state index contributed by atoms with van der Waals surface area (Å²) in [7, 11) is -3.46. The van der Waals surface area contributed by atoms with Crippen molar-refractivity contribution in [3.8, 4) is 0 Å². The summed E-state index contributed by atoms with van der Waals surface area (Å²) in [4.78, 5) is 15.2. The van der Waals surface area contributed by atoms with Gasteiger partial charge in [0.2, 0.25) is 15.9 Å². The molecule has 5 nitrogen and oxygen atoms in total. The molecule has 4 rings (SSSR count). The quantitative estimate of drug-likeness (QED) is 0.810. The molecule has 0 bridgehead atoms. The second-order valence-corrected chi connectivity index (χ2v) is 11.0. The predicted octanol–water partition coefficient (Wildman–Crippen LogP) is 3.37. The molecule has 1 aliphatic heterocycles. The van der Waals surface area contributed by atoms with E-state index in [-0.39, 0.29) is 17.4 Å². The van der Waals surface area contributed by atoms with Crippen LogP contribution in [0.4, 0.5) is 0 Å². The maximum atomic E-state index is 13.3. The number of benzene rings is 1. The van der Waals surface area contributed by atoms with Crippen molar-refractivity contribution in [2.45, 2.75) is 55.2 Å². The van der Waals surface area contributed by atoms with Gasteiger partial charge in [-0.25, -0.2) is 13.1 Å². The fourth-order valence-corrected chi connectivity index (χ4v) is 6.51. The highest BCUT2D eigenvalue weighted by molar-refractivity contribution is 7.91. The van der Waals surface area contributed by atoms with Crippen LogP contribution in [0.3, 0.4) is 0 Å². The lowest BCUT2D eigenvalue weighted by Crippen LogP contribution is -2.49. The molecule has 1 aromatic carbocycles. The fourth-order valence-electron chi connectivity index (χ4n) is 4.20. The van der Waals surface area contributed by atoms with Crippen molar-refractivity contribution in [3.05, 3.63) is 52.4 Å². The van der Waals surface area contributed by atoms with Crippen LogP contribution in [-0.2, 0) is 20.2 Å². The number of amides is 1. The Bertz CT molecular complexity index is 951.